The molecular weight excluding hydrogens is 388 g/mol. The second kappa shape index (κ2) is 12.8. The second-order valence-electron chi connectivity index (χ2n) is 8.14. The van der Waals surface area contributed by atoms with Gasteiger partial charge in [-0.2, -0.15) is 0 Å². The number of carbonyl (C=O) groups excluding carboxylic acids is 2. The van der Waals surface area contributed by atoms with E-state index in [4.69, 9.17) is 0 Å². The Morgan fingerprint density at radius 1 is 1.10 bits per heavy atom. The lowest BCUT2D eigenvalue weighted by Gasteiger charge is -2.31. The minimum atomic E-state index is -0.00762. The van der Waals surface area contributed by atoms with Crippen LogP contribution in [0.4, 0.5) is 0 Å². The third-order valence-corrected chi connectivity index (χ3v) is 6.06. The van der Waals surface area contributed by atoms with E-state index in [-0.39, 0.29) is 36.8 Å². The van der Waals surface area contributed by atoms with Crippen LogP contribution in [0, 0.1) is 5.92 Å². The highest BCUT2D eigenvalue weighted by atomic mass is 35.5. The summed E-state index contributed by atoms with van der Waals surface area (Å²) in [5.74, 6) is 0.688. The second-order valence-corrected chi connectivity index (χ2v) is 8.14. The van der Waals surface area contributed by atoms with E-state index in [0.29, 0.717) is 18.9 Å². The molecule has 0 bridgehead atoms. The van der Waals surface area contributed by atoms with Gasteiger partial charge in [0.1, 0.15) is 0 Å². The summed E-state index contributed by atoms with van der Waals surface area (Å²) in [5.41, 5.74) is 0.889. The molecule has 0 radical (unpaired) electrons. The van der Waals surface area contributed by atoms with Crippen molar-refractivity contribution < 1.29 is 9.59 Å². The molecule has 2 amide bonds. The zero-order chi connectivity index (χ0) is 19.6. The van der Waals surface area contributed by atoms with Crippen molar-refractivity contribution in [3.8, 4) is 0 Å². The van der Waals surface area contributed by atoms with Gasteiger partial charge >= 0.3 is 0 Å². The smallest absolute Gasteiger partial charge is 0.242 e. The normalized spacial score (nSPS) is 19.8. The van der Waals surface area contributed by atoms with Crippen molar-refractivity contribution in [2.24, 2.45) is 5.92 Å². The number of aromatic nitrogens is 1. The van der Waals surface area contributed by atoms with Crippen molar-refractivity contribution in [3.05, 3.63) is 30.1 Å². The predicted octanol–water partition coefficient (Wildman–Crippen LogP) is 3.06. The minimum absolute atomic E-state index is 0. The monoisotopic (exact) mass is 422 g/mol. The van der Waals surface area contributed by atoms with Crippen LogP contribution in [-0.4, -0.2) is 47.4 Å². The molecule has 7 heteroatoms. The Labute approximate surface area is 180 Å². The molecule has 3 rings (SSSR count). The van der Waals surface area contributed by atoms with Crippen molar-refractivity contribution in [1.82, 2.24) is 20.5 Å². The molecule has 1 aliphatic heterocycles. The van der Waals surface area contributed by atoms with Gasteiger partial charge < -0.3 is 15.5 Å². The molecule has 0 aromatic carbocycles. The van der Waals surface area contributed by atoms with Crippen molar-refractivity contribution in [2.45, 2.75) is 70.4 Å². The van der Waals surface area contributed by atoms with E-state index in [0.717, 1.165) is 44.5 Å². The van der Waals surface area contributed by atoms with Crippen LogP contribution >= 0.6 is 12.4 Å². The number of rotatable bonds is 8. The Kier molecular flexibility index (Phi) is 10.4. The van der Waals surface area contributed by atoms with Crippen LogP contribution in [0.2, 0.25) is 0 Å². The van der Waals surface area contributed by atoms with E-state index in [1.807, 2.05) is 23.1 Å². The summed E-state index contributed by atoms with van der Waals surface area (Å²) in [6.45, 7) is 2.51. The highest BCUT2D eigenvalue weighted by Gasteiger charge is 2.25. The van der Waals surface area contributed by atoms with E-state index in [9.17, 15) is 9.59 Å². The summed E-state index contributed by atoms with van der Waals surface area (Å²) >= 11 is 0. The van der Waals surface area contributed by atoms with Gasteiger partial charge in [0.2, 0.25) is 11.8 Å². The SMILES string of the molecule is Cl.O=C(CCC1CCCC1)NCC(=O)N(Cc1ccccn1)C1CCCNCC1. The Morgan fingerprint density at radius 2 is 1.93 bits per heavy atom. The van der Waals surface area contributed by atoms with Crippen molar-refractivity contribution in [3.63, 3.8) is 0 Å². The fraction of sp³-hybridized carbons (Fsp3) is 0.682. The average Bonchev–Trinajstić information content (AvgIpc) is 3.10. The number of hydrogen-bond donors (Lipinski definition) is 2. The summed E-state index contributed by atoms with van der Waals surface area (Å²) in [6.07, 6.45) is 11.3. The molecule has 2 heterocycles. The van der Waals surface area contributed by atoms with Crippen LogP contribution in [0.1, 0.15) is 63.5 Å². The summed E-state index contributed by atoms with van der Waals surface area (Å²) in [6, 6.07) is 5.98. The molecule has 6 nitrogen and oxygen atoms in total. The molecule has 2 N–H and O–H groups in total. The summed E-state index contributed by atoms with van der Waals surface area (Å²) in [5, 5.41) is 6.27. The number of nitrogens with zero attached hydrogens (tertiary/aromatic N) is 2. The molecule has 1 aromatic rings. The molecule has 2 fully saturated rings. The first-order chi connectivity index (χ1) is 13.7. The topological polar surface area (TPSA) is 74.3 Å². The molecule has 2 aliphatic rings. The van der Waals surface area contributed by atoms with Gasteiger partial charge in [0.15, 0.2) is 0 Å². The van der Waals surface area contributed by atoms with Gasteiger partial charge in [-0.1, -0.05) is 31.7 Å². The minimum Gasteiger partial charge on any atom is -0.347 e. The van der Waals surface area contributed by atoms with E-state index < -0.39 is 0 Å². The Bertz CT molecular complexity index is 614. The van der Waals surface area contributed by atoms with Gasteiger partial charge in [-0.15, -0.1) is 12.4 Å². The summed E-state index contributed by atoms with van der Waals surface area (Å²) in [7, 11) is 0. The lowest BCUT2D eigenvalue weighted by atomic mass is 10.0. The van der Waals surface area contributed by atoms with Crippen molar-refractivity contribution in [1.29, 1.82) is 0 Å². The van der Waals surface area contributed by atoms with Crippen LogP contribution in [0.25, 0.3) is 0 Å². The predicted molar refractivity (Wildman–Crippen MR) is 117 cm³/mol. The quantitative estimate of drug-likeness (QED) is 0.675. The van der Waals surface area contributed by atoms with E-state index in [1.54, 1.807) is 6.20 Å². The Morgan fingerprint density at radius 3 is 2.69 bits per heavy atom. The van der Waals surface area contributed by atoms with Gasteiger partial charge in [-0.25, -0.2) is 0 Å². The lowest BCUT2D eigenvalue weighted by molar-refractivity contribution is -0.135. The fourth-order valence-corrected chi connectivity index (χ4v) is 4.40. The summed E-state index contributed by atoms with van der Waals surface area (Å²) < 4.78 is 0. The van der Waals surface area contributed by atoms with Crippen LogP contribution in [0.15, 0.2) is 24.4 Å². The van der Waals surface area contributed by atoms with Gasteiger partial charge in [0.05, 0.1) is 18.8 Å². The highest BCUT2D eigenvalue weighted by molar-refractivity contribution is 5.85. The third kappa shape index (κ3) is 7.94. The van der Waals surface area contributed by atoms with Crippen molar-refractivity contribution in [2.75, 3.05) is 19.6 Å². The number of pyridine rings is 1. The molecule has 1 atom stereocenters. The maximum atomic E-state index is 13.0. The van der Waals surface area contributed by atoms with E-state index in [2.05, 4.69) is 15.6 Å². The summed E-state index contributed by atoms with van der Waals surface area (Å²) in [4.78, 5) is 31.5. The molecule has 1 unspecified atom stereocenters. The van der Waals surface area contributed by atoms with E-state index >= 15 is 0 Å². The number of carbonyl (C=O) groups is 2. The molecule has 1 saturated heterocycles. The first-order valence-corrected chi connectivity index (χ1v) is 10.9. The van der Waals surface area contributed by atoms with Crippen LogP contribution in [-0.2, 0) is 16.1 Å². The number of halogens is 1. The van der Waals surface area contributed by atoms with Crippen LogP contribution in [0.5, 0.6) is 0 Å². The van der Waals surface area contributed by atoms with E-state index in [1.165, 1.54) is 25.7 Å². The third-order valence-electron chi connectivity index (χ3n) is 6.06. The zero-order valence-electron chi connectivity index (χ0n) is 17.3. The Balaban J connectivity index is 0.00000300. The highest BCUT2D eigenvalue weighted by Crippen LogP contribution is 2.28. The molecule has 1 aliphatic carbocycles. The fourth-order valence-electron chi connectivity index (χ4n) is 4.40. The zero-order valence-corrected chi connectivity index (χ0v) is 18.1. The van der Waals surface area contributed by atoms with Crippen LogP contribution < -0.4 is 10.6 Å². The van der Waals surface area contributed by atoms with Gasteiger partial charge in [0.25, 0.3) is 0 Å². The molecular formula is C22H35ClN4O2. The standard InChI is InChI=1S/C22H34N4O2.ClH/c27-21(11-10-18-6-1-2-7-18)25-16-22(28)26(17-19-8-3-4-14-24-19)20-9-5-13-23-15-12-20;/h3-4,8,14,18,20,23H,1-2,5-7,9-13,15-17H2,(H,25,27);1H. The van der Waals surface area contributed by atoms with Gasteiger partial charge in [-0.05, 0) is 56.8 Å². The first-order valence-electron chi connectivity index (χ1n) is 10.9. The average molecular weight is 423 g/mol. The van der Waals surface area contributed by atoms with Gasteiger partial charge in [-0.3, -0.25) is 14.6 Å². The molecule has 29 heavy (non-hydrogen) atoms. The maximum Gasteiger partial charge on any atom is 0.242 e. The number of amides is 2. The number of hydrogen-bond acceptors (Lipinski definition) is 4. The molecule has 0 spiro atoms. The van der Waals surface area contributed by atoms with Crippen molar-refractivity contribution >= 4 is 24.2 Å². The van der Waals surface area contributed by atoms with Gasteiger partial charge in [0, 0.05) is 18.7 Å². The lowest BCUT2D eigenvalue weighted by Crippen LogP contribution is -2.45. The maximum absolute atomic E-state index is 13.0. The number of nitrogens with one attached hydrogen (secondary N) is 2. The largest absolute Gasteiger partial charge is 0.347 e. The molecule has 1 aromatic heterocycles. The van der Waals surface area contributed by atoms with Crippen LogP contribution in [0.3, 0.4) is 0 Å². The molecule has 1 saturated carbocycles. The Hall–Kier alpha value is -1.66. The molecule has 162 valence electrons. The first kappa shape index (κ1) is 23.6.